The van der Waals surface area contributed by atoms with E-state index in [1.54, 1.807) is 7.05 Å². The molecule has 0 saturated carbocycles. The van der Waals surface area contributed by atoms with Gasteiger partial charge in [0.2, 0.25) is 0 Å². The molecular weight excluding hydrogens is 268 g/mol. The lowest BCUT2D eigenvalue weighted by Gasteiger charge is -2.14. The molecule has 2 N–H and O–H groups in total. The molecule has 0 spiro atoms. The molecule has 0 aliphatic carbocycles. The van der Waals surface area contributed by atoms with Crippen LogP contribution >= 0.6 is 0 Å². The van der Waals surface area contributed by atoms with Gasteiger partial charge in [-0.3, -0.25) is 4.79 Å². The first kappa shape index (κ1) is 15.0. The first-order chi connectivity index (χ1) is 10.1. The predicted molar refractivity (Wildman–Crippen MR) is 81.5 cm³/mol. The van der Waals surface area contributed by atoms with Crippen molar-refractivity contribution in [3.63, 3.8) is 0 Å². The molecule has 1 unspecified atom stereocenters. The van der Waals surface area contributed by atoms with E-state index < -0.39 is 0 Å². The number of hydrogen-bond acceptors (Lipinski definition) is 4. The van der Waals surface area contributed by atoms with E-state index in [9.17, 15) is 4.79 Å². The van der Waals surface area contributed by atoms with Crippen LogP contribution in [0.5, 0.6) is 5.75 Å². The fraction of sp³-hybridized carbons (Fsp3) is 0.312. The van der Waals surface area contributed by atoms with E-state index in [0.717, 1.165) is 17.2 Å². The molecule has 2 aromatic rings. The van der Waals surface area contributed by atoms with Gasteiger partial charge >= 0.3 is 0 Å². The quantitative estimate of drug-likeness (QED) is 0.858. The van der Waals surface area contributed by atoms with Crippen molar-refractivity contribution < 1.29 is 13.9 Å². The van der Waals surface area contributed by atoms with Gasteiger partial charge < -0.3 is 19.8 Å². The minimum atomic E-state index is -0.159. The lowest BCUT2D eigenvalue weighted by atomic mass is 10.2. The van der Waals surface area contributed by atoms with Crippen LogP contribution in [0.4, 0.5) is 5.69 Å². The summed E-state index contributed by atoms with van der Waals surface area (Å²) in [7, 11) is 1.58. The maximum Gasteiger partial charge on any atom is 0.257 e. The smallest absolute Gasteiger partial charge is 0.257 e. The highest BCUT2D eigenvalue weighted by Crippen LogP contribution is 2.23. The number of nitrogens with one attached hydrogen (secondary N) is 2. The zero-order valence-electron chi connectivity index (χ0n) is 12.5. The summed E-state index contributed by atoms with van der Waals surface area (Å²) < 4.78 is 11.0. The maximum absolute atomic E-state index is 11.2. The Labute approximate surface area is 124 Å². The summed E-state index contributed by atoms with van der Waals surface area (Å²) >= 11 is 0. The second-order valence-corrected chi connectivity index (χ2v) is 4.80. The fourth-order valence-electron chi connectivity index (χ4n) is 1.90. The monoisotopic (exact) mass is 288 g/mol. The Morgan fingerprint density at radius 3 is 2.81 bits per heavy atom. The molecule has 1 atom stereocenters. The summed E-state index contributed by atoms with van der Waals surface area (Å²) in [6, 6.07) is 11.4. The van der Waals surface area contributed by atoms with E-state index in [1.807, 2.05) is 50.2 Å². The summed E-state index contributed by atoms with van der Waals surface area (Å²) in [5.74, 6) is 2.25. The maximum atomic E-state index is 11.2. The van der Waals surface area contributed by atoms with E-state index in [1.165, 1.54) is 0 Å². The van der Waals surface area contributed by atoms with Crippen LogP contribution < -0.4 is 15.4 Å². The molecule has 0 bridgehead atoms. The Morgan fingerprint density at radius 1 is 1.33 bits per heavy atom. The van der Waals surface area contributed by atoms with E-state index in [0.29, 0.717) is 5.75 Å². The molecule has 0 aliphatic heterocycles. The van der Waals surface area contributed by atoms with E-state index >= 15 is 0 Å². The molecular formula is C16H20N2O3. The van der Waals surface area contributed by atoms with Crippen LogP contribution in [-0.2, 0) is 4.79 Å². The van der Waals surface area contributed by atoms with Gasteiger partial charge in [0.25, 0.3) is 5.91 Å². The van der Waals surface area contributed by atoms with Gasteiger partial charge in [0.15, 0.2) is 6.61 Å². The van der Waals surface area contributed by atoms with Crippen molar-refractivity contribution in [2.24, 2.45) is 0 Å². The third kappa shape index (κ3) is 4.27. The molecule has 5 nitrogen and oxygen atoms in total. The summed E-state index contributed by atoms with van der Waals surface area (Å²) in [6.07, 6.45) is 0. The summed E-state index contributed by atoms with van der Waals surface area (Å²) in [4.78, 5) is 11.2. The van der Waals surface area contributed by atoms with Crippen LogP contribution in [0.1, 0.15) is 24.5 Å². The standard InChI is InChI=1S/C16H20N2O3/c1-11-7-8-15(21-11)12(2)18-13-5-4-6-14(9-13)20-10-16(19)17-3/h4-9,12,18H,10H2,1-3H3,(H,17,19). The number of carbonyl (C=O) groups is 1. The number of furan rings is 1. The average molecular weight is 288 g/mol. The number of ether oxygens (including phenoxy) is 1. The fourth-order valence-corrected chi connectivity index (χ4v) is 1.90. The van der Waals surface area contributed by atoms with Crippen LogP contribution in [0.3, 0.4) is 0 Å². The third-order valence-corrected chi connectivity index (χ3v) is 3.05. The van der Waals surface area contributed by atoms with Crippen LogP contribution in [0, 0.1) is 6.92 Å². The number of carbonyl (C=O) groups excluding carboxylic acids is 1. The van der Waals surface area contributed by atoms with Gasteiger partial charge in [0.1, 0.15) is 17.3 Å². The molecule has 112 valence electrons. The molecule has 1 heterocycles. The van der Waals surface area contributed by atoms with Crippen molar-refractivity contribution in [2.45, 2.75) is 19.9 Å². The number of rotatable bonds is 6. The van der Waals surface area contributed by atoms with Crippen LogP contribution in [0.2, 0.25) is 0 Å². The number of amides is 1. The van der Waals surface area contributed by atoms with Gasteiger partial charge in [-0.2, -0.15) is 0 Å². The first-order valence-electron chi connectivity index (χ1n) is 6.85. The average Bonchev–Trinajstić information content (AvgIpc) is 2.92. The highest BCUT2D eigenvalue weighted by Gasteiger charge is 2.09. The molecule has 1 aromatic heterocycles. The van der Waals surface area contributed by atoms with Crippen molar-refractivity contribution in [2.75, 3.05) is 19.0 Å². The van der Waals surface area contributed by atoms with Gasteiger partial charge in [0.05, 0.1) is 6.04 Å². The largest absolute Gasteiger partial charge is 0.484 e. The van der Waals surface area contributed by atoms with Crippen molar-refractivity contribution in [3.8, 4) is 5.75 Å². The topological polar surface area (TPSA) is 63.5 Å². The van der Waals surface area contributed by atoms with Crippen LogP contribution in [0.15, 0.2) is 40.8 Å². The van der Waals surface area contributed by atoms with Gasteiger partial charge in [-0.25, -0.2) is 0 Å². The van der Waals surface area contributed by atoms with E-state index in [-0.39, 0.29) is 18.6 Å². The molecule has 0 fully saturated rings. The Bertz CT molecular complexity index is 607. The molecule has 5 heteroatoms. The van der Waals surface area contributed by atoms with Gasteiger partial charge in [-0.15, -0.1) is 0 Å². The highest BCUT2D eigenvalue weighted by molar-refractivity contribution is 5.77. The third-order valence-electron chi connectivity index (χ3n) is 3.05. The van der Waals surface area contributed by atoms with Crippen LogP contribution in [0.25, 0.3) is 0 Å². The Morgan fingerprint density at radius 2 is 2.14 bits per heavy atom. The molecule has 0 radical (unpaired) electrons. The lowest BCUT2D eigenvalue weighted by molar-refractivity contribution is -0.122. The predicted octanol–water partition coefficient (Wildman–Crippen LogP) is 2.89. The van der Waals surface area contributed by atoms with Gasteiger partial charge in [0, 0.05) is 18.8 Å². The SMILES string of the molecule is CNC(=O)COc1cccc(NC(C)c2ccc(C)o2)c1. The zero-order valence-corrected chi connectivity index (χ0v) is 12.5. The van der Waals surface area contributed by atoms with Crippen molar-refractivity contribution in [3.05, 3.63) is 47.9 Å². The van der Waals surface area contributed by atoms with Crippen molar-refractivity contribution in [1.29, 1.82) is 0 Å². The summed E-state index contributed by atoms with van der Waals surface area (Å²) in [5, 5.41) is 5.85. The highest BCUT2D eigenvalue weighted by atomic mass is 16.5. The molecule has 1 aromatic carbocycles. The number of hydrogen-bond donors (Lipinski definition) is 2. The minimum Gasteiger partial charge on any atom is -0.484 e. The second kappa shape index (κ2) is 6.83. The zero-order chi connectivity index (χ0) is 15.2. The normalized spacial score (nSPS) is 11.8. The van der Waals surface area contributed by atoms with E-state index in [4.69, 9.17) is 9.15 Å². The first-order valence-corrected chi connectivity index (χ1v) is 6.85. The van der Waals surface area contributed by atoms with Crippen LogP contribution in [-0.4, -0.2) is 19.6 Å². The minimum absolute atomic E-state index is 0.00683. The number of anilines is 1. The van der Waals surface area contributed by atoms with Gasteiger partial charge in [-0.05, 0) is 38.1 Å². The van der Waals surface area contributed by atoms with Gasteiger partial charge in [-0.1, -0.05) is 6.07 Å². The Kier molecular flexibility index (Phi) is 4.87. The number of likely N-dealkylation sites (N-methyl/N-ethyl adjacent to an activating group) is 1. The lowest BCUT2D eigenvalue weighted by Crippen LogP contribution is -2.24. The molecule has 21 heavy (non-hydrogen) atoms. The number of benzene rings is 1. The molecule has 0 saturated heterocycles. The summed E-state index contributed by atoms with van der Waals surface area (Å²) in [6.45, 7) is 3.95. The molecule has 0 aliphatic rings. The Hall–Kier alpha value is -2.43. The Balaban J connectivity index is 1.98. The number of aryl methyl sites for hydroxylation is 1. The van der Waals surface area contributed by atoms with E-state index in [2.05, 4.69) is 10.6 Å². The van der Waals surface area contributed by atoms with Crippen molar-refractivity contribution >= 4 is 11.6 Å². The summed E-state index contributed by atoms with van der Waals surface area (Å²) in [5.41, 5.74) is 0.908. The molecule has 2 rings (SSSR count). The van der Waals surface area contributed by atoms with Crippen molar-refractivity contribution in [1.82, 2.24) is 5.32 Å². The molecule has 1 amide bonds. The second-order valence-electron chi connectivity index (χ2n) is 4.80.